The van der Waals surface area contributed by atoms with E-state index in [1.807, 2.05) is 36.9 Å². The van der Waals surface area contributed by atoms with Gasteiger partial charge in [0.25, 0.3) is 0 Å². The van der Waals surface area contributed by atoms with Gasteiger partial charge < -0.3 is 14.1 Å². The van der Waals surface area contributed by atoms with E-state index in [0.29, 0.717) is 30.4 Å². The van der Waals surface area contributed by atoms with E-state index >= 15 is 0 Å². The zero-order valence-corrected chi connectivity index (χ0v) is 17.7. The van der Waals surface area contributed by atoms with Gasteiger partial charge in [-0.3, -0.25) is 14.5 Å². The Morgan fingerprint density at radius 2 is 1.97 bits per heavy atom. The molecule has 7 heteroatoms. The molecule has 29 heavy (non-hydrogen) atoms. The summed E-state index contributed by atoms with van der Waals surface area (Å²) < 4.78 is 11.2. The molecule has 2 aromatic rings. The lowest BCUT2D eigenvalue weighted by Gasteiger charge is -2.35. The van der Waals surface area contributed by atoms with E-state index < -0.39 is 0 Å². The molecule has 156 valence electrons. The van der Waals surface area contributed by atoms with Gasteiger partial charge in [-0.05, 0) is 12.5 Å². The fraction of sp³-hybridized carbons (Fsp3) is 0.455. The molecule has 1 aliphatic heterocycles. The van der Waals surface area contributed by atoms with Gasteiger partial charge >= 0.3 is 0 Å². The monoisotopic (exact) mass is 418 g/mol. The maximum Gasteiger partial charge on any atom is 0.227 e. The maximum absolute atomic E-state index is 12.3. The summed E-state index contributed by atoms with van der Waals surface area (Å²) in [5.41, 5.74) is 0.589. The SMILES string of the molecule is CC[C@H](C)C(=O)N1CCN(Cc2cc(=O)c(OCc3ccccc3Cl)co2)CC1. The molecule has 0 N–H and O–H groups in total. The standard InChI is InChI=1S/C22H27ClN2O4/c1-3-16(2)22(27)25-10-8-24(9-11-25)13-18-12-20(26)21(15-28-18)29-14-17-6-4-5-7-19(17)23/h4-7,12,15-16H,3,8-11,13-14H2,1-2H3/t16-/m0/s1. The maximum atomic E-state index is 12.3. The average Bonchev–Trinajstić information content (AvgIpc) is 2.73. The van der Waals surface area contributed by atoms with Crippen molar-refractivity contribution >= 4 is 17.5 Å². The number of amides is 1. The number of ether oxygens (including phenoxy) is 1. The summed E-state index contributed by atoms with van der Waals surface area (Å²) in [6.07, 6.45) is 2.21. The Morgan fingerprint density at radius 1 is 1.24 bits per heavy atom. The van der Waals surface area contributed by atoms with Gasteiger partial charge in [0.2, 0.25) is 17.1 Å². The van der Waals surface area contributed by atoms with Crippen LogP contribution in [-0.2, 0) is 17.9 Å². The highest BCUT2D eigenvalue weighted by Crippen LogP contribution is 2.18. The molecule has 2 heterocycles. The largest absolute Gasteiger partial charge is 0.482 e. The van der Waals surface area contributed by atoms with E-state index in [4.69, 9.17) is 20.8 Å². The molecule has 0 spiro atoms. The van der Waals surface area contributed by atoms with Crippen LogP contribution in [0.4, 0.5) is 0 Å². The number of rotatable bonds is 7. The molecule has 1 aromatic carbocycles. The molecule has 0 radical (unpaired) electrons. The van der Waals surface area contributed by atoms with Crippen molar-refractivity contribution in [2.24, 2.45) is 5.92 Å². The summed E-state index contributed by atoms with van der Waals surface area (Å²) in [6, 6.07) is 8.81. The number of halogens is 1. The highest BCUT2D eigenvalue weighted by molar-refractivity contribution is 6.31. The molecular formula is C22H27ClN2O4. The normalized spacial score (nSPS) is 15.9. The van der Waals surface area contributed by atoms with E-state index in [0.717, 1.165) is 25.1 Å². The molecule has 0 saturated carbocycles. The van der Waals surface area contributed by atoms with Gasteiger partial charge in [-0.1, -0.05) is 43.6 Å². The van der Waals surface area contributed by atoms with Gasteiger partial charge in [0.1, 0.15) is 18.6 Å². The smallest absolute Gasteiger partial charge is 0.227 e. The van der Waals surface area contributed by atoms with Crippen molar-refractivity contribution in [3.63, 3.8) is 0 Å². The Labute approximate surface area is 176 Å². The first-order valence-electron chi connectivity index (χ1n) is 9.97. The Bertz CT molecular complexity index is 890. The first kappa shape index (κ1) is 21.4. The van der Waals surface area contributed by atoms with Crippen LogP contribution in [0.1, 0.15) is 31.6 Å². The Morgan fingerprint density at radius 3 is 2.62 bits per heavy atom. The quantitative estimate of drug-likeness (QED) is 0.687. The fourth-order valence-electron chi connectivity index (χ4n) is 3.23. The van der Waals surface area contributed by atoms with Crippen LogP contribution in [0.15, 0.2) is 45.8 Å². The number of nitrogens with zero attached hydrogens (tertiary/aromatic N) is 2. The van der Waals surface area contributed by atoms with Crippen molar-refractivity contribution in [1.82, 2.24) is 9.80 Å². The van der Waals surface area contributed by atoms with Crippen molar-refractivity contribution in [1.29, 1.82) is 0 Å². The van der Waals surface area contributed by atoms with Crippen molar-refractivity contribution < 1.29 is 13.9 Å². The molecular weight excluding hydrogens is 392 g/mol. The molecule has 1 fully saturated rings. The zero-order valence-electron chi connectivity index (χ0n) is 16.9. The fourth-order valence-corrected chi connectivity index (χ4v) is 3.42. The van der Waals surface area contributed by atoms with E-state index in [-0.39, 0.29) is 29.6 Å². The van der Waals surface area contributed by atoms with Crippen LogP contribution in [-0.4, -0.2) is 41.9 Å². The zero-order chi connectivity index (χ0) is 20.8. The first-order chi connectivity index (χ1) is 14.0. The predicted molar refractivity (Wildman–Crippen MR) is 112 cm³/mol. The van der Waals surface area contributed by atoms with Gasteiger partial charge in [0.15, 0.2) is 0 Å². The van der Waals surface area contributed by atoms with Crippen LogP contribution >= 0.6 is 11.6 Å². The molecule has 1 atom stereocenters. The van der Waals surface area contributed by atoms with E-state index in [9.17, 15) is 9.59 Å². The van der Waals surface area contributed by atoms with E-state index in [1.165, 1.54) is 12.3 Å². The number of carbonyl (C=O) groups excluding carboxylic acids is 1. The summed E-state index contributed by atoms with van der Waals surface area (Å²) in [5.74, 6) is 1.04. The topological polar surface area (TPSA) is 63.0 Å². The Kier molecular flexibility index (Phi) is 7.34. The lowest BCUT2D eigenvalue weighted by atomic mass is 10.1. The van der Waals surface area contributed by atoms with Crippen molar-refractivity contribution in [3.05, 3.63) is 63.2 Å². The number of piperazine rings is 1. The van der Waals surface area contributed by atoms with Gasteiger partial charge in [0, 0.05) is 48.7 Å². The number of hydrogen-bond acceptors (Lipinski definition) is 5. The lowest BCUT2D eigenvalue weighted by molar-refractivity contribution is -0.136. The highest BCUT2D eigenvalue weighted by Gasteiger charge is 2.24. The average molecular weight is 419 g/mol. The Hall–Kier alpha value is -2.31. The second-order valence-corrected chi connectivity index (χ2v) is 7.77. The number of benzene rings is 1. The van der Waals surface area contributed by atoms with Crippen LogP contribution in [0.25, 0.3) is 0 Å². The summed E-state index contributed by atoms with van der Waals surface area (Å²) in [6.45, 7) is 7.66. The Balaban J connectivity index is 1.53. The summed E-state index contributed by atoms with van der Waals surface area (Å²) >= 11 is 6.11. The molecule has 1 aliphatic rings. The summed E-state index contributed by atoms with van der Waals surface area (Å²) in [4.78, 5) is 28.7. The number of carbonyl (C=O) groups is 1. The third-order valence-corrected chi connectivity index (χ3v) is 5.66. The third-order valence-electron chi connectivity index (χ3n) is 5.29. The molecule has 1 aromatic heterocycles. The van der Waals surface area contributed by atoms with Crippen LogP contribution < -0.4 is 10.2 Å². The minimum Gasteiger partial charge on any atom is -0.482 e. The van der Waals surface area contributed by atoms with Crippen molar-refractivity contribution in [2.45, 2.75) is 33.4 Å². The summed E-state index contributed by atoms with van der Waals surface area (Å²) in [7, 11) is 0. The lowest BCUT2D eigenvalue weighted by Crippen LogP contribution is -2.49. The van der Waals surface area contributed by atoms with E-state index in [1.54, 1.807) is 6.07 Å². The van der Waals surface area contributed by atoms with Gasteiger partial charge in [-0.15, -0.1) is 0 Å². The van der Waals surface area contributed by atoms with Crippen LogP contribution in [0.2, 0.25) is 5.02 Å². The second kappa shape index (κ2) is 9.94. The molecule has 0 bridgehead atoms. The molecule has 0 unspecified atom stereocenters. The van der Waals surface area contributed by atoms with Crippen LogP contribution in [0.5, 0.6) is 5.75 Å². The van der Waals surface area contributed by atoms with Crippen LogP contribution in [0.3, 0.4) is 0 Å². The molecule has 1 saturated heterocycles. The minimum absolute atomic E-state index is 0.0675. The predicted octanol–water partition coefficient (Wildman–Crippen LogP) is 3.56. The van der Waals surface area contributed by atoms with E-state index in [2.05, 4.69) is 4.90 Å². The molecule has 0 aliphatic carbocycles. The highest BCUT2D eigenvalue weighted by atomic mass is 35.5. The van der Waals surface area contributed by atoms with Gasteiger partial charge in [-0.2, -0.15) is 0 Å². The van der Waals surface area contributed by atoms with Crippen LogP contribution in [0, 0.1) is 5.92 Å². The van der Waals surface area contributed by atoms with Crippen molar-refractivity contribution in [3.8, 4) is 5.75 Å². The summed E-state index contributed by atoms with van der Waals surface area (Å²) in [5, 5.41) is 0.597. The molecule has 1 amide bonds. The third kappa shape index (κ3) is 5.61. The van der Waals surface area contributed by atoms with Gasteiger partial charge in [0.05, 0.1) is 6.54 Å². The molecule has 3 rings (SSSR count). The van der Waals surface area contributed by atoms with Crippen molar-refractivity contribution in [2.75, 3.05) is 26.2 Å². The molecule has 6 nitrogen and oxygen atoms in total. The number of hydrogen-bond donors (Lipinski definition) is 0. The first-order valence-corrected chi connectivity index (χ1v) is 10.3. The van der Waals surface area contributed by atoms with Gasteiger partial charge in [-0.25, -0.2) is 0 Å². The minimum atomic E-state index is -0.219. The second-order valence-electron chi connectivity index (χ2n) is 7.37.